The highest BCUT2D eigenvalue weighted by Gasteiger charge is 2.26. The summed E-state index contributed by atoms with van der Waals surface area (Å²) in [5.74, 6) is -2.15. The first-order chi connectivity index (χ1) is 11.8. The molecule has 2 aromatic rings. The first-order valence-corrected chi connectivity index (χ1v) is 7.82. The second kappa shape index (κ2) is 7.92. The Morgan fingerprint density at radius 2 is 1.84 bits per heavy atom. The minimum atomic E-state index is -2.81. The summed E-state index contributed by atoms with van der Waals surface area (Å²) in [5.41, 5.74) is 2.82. The van der Waals surface area contributed by atoms with Crippen molar-refractivity contribution in [2.45, 2.75) is 39.3 Å². The summed E-state index contributed by atoms with van der Waals surface area (Å²) in [5, 5.41) is 11.2. The average Bonchev–Trinajstić information content (AvgIpc) is 2.83. The third-order valence-electron chi connectivity index (χ3n) is 4.02. The number of aliphatic carboxylic acids is 1. The van der Waals surface area contributed by atoms with Crippen molar-refractivity contribution in [2.75, 3.05) is 0 Å². The van der Waals surface area contributed by atoms with Crippen LogP contribution in [0.3, 0.4) is 0 Å². The quantitative estimate of drug-likeness (QED) is 0.806. The summed E-state index contributed by atoms with van der Waals surface area (Å²) in [6, 6.07) is 9.67. The average molecular weight is 350 g/mol. The molecule has 134 valence electrons. The van der Waals surface area contributed by atoms with E-state index in [4.69, 9.17) is 5.11 Å². The van der Waals surface area contributed by atoms with Gasteiger partial charge in [-0.05, 0) is 25.5 Å². The number of aromatic nitrogens is 1. The van der Waals surface area contributed by atoms with Crippen LogP contribution in [0.25, 0.3) is 0 Å². The van der Waals surface area contributed by atoms with E-state index in [-0.39, 0.29) is 5.56 Å². The van der Waals surface area contributed by atoms with E-state index in [1.165, 1.54) is 0 Å². The summed E-state index contributed by atoms with van der Waals surface area (Å²) in [4.78, 5) is 23.4. The van der Waals surface area contributed by atoms with Crippen LogP contribution >= 0.6 is 0 Å². The lowest BCUT2D eigenvalue weighted by atomic mass is 10.1. The van der Waals surface area contributed by atoms with Gasteiger partial charge in [-0.2, -0.15) is 0 Å². The minimum absolute atomic E-state index is 0.286. The number of nitrogens with zero attached hydrogens (tertiary/aromatic N) is 1. The molecule has 1 atom stereocenters. The molecule has 1 aromatic carbocycles. The van der Waals surface area contributed by atoms with Gasteiger partial charge in [-0.15, -0.1) is 0 Å². The molecule has 5 nitrogen and oxygen atoms in total. The molecule has 0 aliphatic carbocycles. The van der Waals surface area contributed by atoms with Gasteiger partial charge in [0.05, 0.1) is 5.56 Å². The second-order valence-electron chi connectivity index (χ2n) is 5.85. The molecule has 0 aliphatic heterocycles. The number of benzene rings is 1. The highest BCUT2D eigenvalue weighted by Crippen LogP contribution is 2.18. The first-order valence-electron chi connectivity index (χ1n) is 7.82. The van der Waals surface area contributed by atoms with Crippen LogP contribution in [-0.4, -0.2) is 34.0 Å². The maximum atomic E-state index is 12.5. The fourth-order valence-electron chi connectivity index (χ4n) is 2.68. The molecule has 1 unspecified atom stereocenters. The van der Waals surface area contributed by atoms with Crippen LogP contribution in [0.4, 0.5) is 8.78 Å². The third-order valence-corrected chi connectivity index (χ3v) is 4.02. The Bertz CT molecular complexity index is 757. The normalized spacial score (nSPS) is 12.2. The summed E-state index contributed by atoms with van der Waals surface area (Å²) in [7, 11) is 0. The molecule has 2 N–H and O–H groups in total. The van der Waals surface area contributed by atoms with Crippen molar-refractivity contribution in [1.29, 1.82) is 0 Å². The lowest BCUT2D eigenvalue weighted by molar-refractivity contribution is -0.140. The lowest BCUT2D eigenvalue weighted by Gasteiger charge is -2.14. The van der Waals surface area contributed by atoms with E-state index in [9.17, 15) is 18.4 Å². The van der Waals surface area contributed by atoms with Crippen molar-refractivity contribution < 1.29 is 23.5 Å². The number of hydrogen-bond donors (Lipinski definition) is 2. The Morgan fingerprint density at radius 1 is 1.20 bits per heavy atom. The Hall–Kier alpha value is -2.70. The number of carboxylic acid groups (broad SMARTS) is 1. The smallest absolute Gasteiger partial charge is 0.326 e. The Morgan fingerprint density at radius 3 is 2.40 bits per heavy atom. The van der Waals surface area contributed by atoms with Gasteiger partial charge in [0.15, 0.2) is 0 Å². The van der Waals surface area contributed by atoms with Gasteiger partial charge in [-0.3, -0.25) is 4.79 Å². The van der Waals surface area contributed by atoms with Gasteiger partial charge in [-0.25, -0.2) is 13.6 Å². The number of halogens is 2. The van der Waals surface area contributed by atoms with Gasteiger partial charge in [0, 0.05) is 24.4 Å². The van der Waals surface area contributed by atoms with Crippen LogP contribution in [-0.2, 0) is 11.3 Å². The van der Waals surface area contributed by atoms with Crippen molar-refractivity contribution in [1.82, 2.24) is 9.88 Å². The van der Waals surface area contributed by atoms with Gasteiger partial charge in [-0.1, -0.05) is 30.3 Å². The van der Waals surface area contributed by atoms with Gasteiger partial charge in [0.1, 0.15) is 6.04 Å². The van der Waals surface area contributed by atoms with Crippen LogP contribution in [0.1, 0.15) is 33.7 Å². The Kier molecular flexibility index (Phi) is 5.90. The van der Waals surface area contributed by atoms with Gasteiger partial charge >= 0.3 is 5.97 Å². The van der Waals surface area contributed by atoms with E-state index in [1.807, 2.05) is 41.8 Å². The highest BCUT2D eigenvalue weighted by molar-refractivity contribution is 5.97. The molecule has 7 heteroatoms. The van der Waals surface area contributed by atoms with Crippen LogP contribution in [0.2, 0.25) is 0 Å². The first kappa shape index (κ1) is 18.6. The number of carbonyl (C=O) groups excluding carboxylic acids is 1. The molecule has 1 heterocycles. The number of carbonyl (C=O) groups is 2. The molecule has 0 radical (unpaired) electrons. The van der Waals surface area contributed by atoms with Crippen molar-refractivity contribution in [3.63, 3.8) is 0 Å². The Labute approximate surface area is 144 Å². The number of carboxylic acids is 1. The molecular weight excluding hydrogens is 330 g/mol. The summed E-state index contributed by atoms with van der Waals surface area (Å²) in [6.07, 6.45) is -3.74. The largest absolute Gasteiger partial charge is 0.480 e. The predicted octanol–water partition coefficient (Wildman–Crippen LogP) is 2.99. The molecule has 0 aliphatic rings. The molecule has 0 fully saturated rings. The number of rotatable bonds is 7. The summed E-state index contributed by atoms with van der Waals surface area (Å²) in [6.45, 7) is 4.14. The highest BCUT2D eigenvalue weighted by atomic mass is 19.3. The third kappa shape index (κ3) is 4.65. The van der Waals surface area contributed by atoms with Crippen LogP contribution in [0.5, 0.6) is 0 Å². The van der Waals surface area contributed by atoms with Gasteiger partial charge in [0.2, 0.25) is 6.43 Å². The number of alkyl halides is 2. The molecule has 2 rings (SSSR count). The fraction of sp³-hybridized carbons (Fsp3) is 0.333. The maximum Gasteiger partial charge on any atom is 0.326 e. The SMILES string of the molecule is Cc1cc(C(=O)NC(CC(F)F)C(=O)O)c(C)n1Cc1ccccc1. The maximum absolute atomic E-state index is 12.5. The van der Waals surface area contributed by atoms with E-state index >= 15 is 0 Å². The van der Waals surface area contributed by atoms with E-state index in [0.717, 1.165) is 11.3 Å². The molecule has 1 amide bonds. The number of amides is 1. The van der Waals surface area contributed by atoms with E-state index in [1.54, 1.807) is 13.0 Å². The monoisotopic (exact) mass is 350 g/mol. The molecule has 0 spiro atoms. The van der Waals surface area contributed by atoms with E-state index < -0.39 is 30.8 Å². The molecule has 1 aromatic heterocycles. The molecule has 0 saturated carbocycles. The standard InChI is InChI=1S/C18H20F2N2O3/c1-11-8-14(17(23)21-15(18(24)25)9-16(19)20)12(2)22(11)10-13-6-4-3-5-7-13/h3-8,15-16H,9-10H2,1-2H3,(H,21,23)(H,24,25). The van der Waals surface area contributed by atoms with Crippen molar-refractivity contribution in [3.8, 4) is 0 Å². The summed E-state index contributed by atoms with van der Waals surface area (Å²) >= 11 is 0. The zero-order valence-corrected chi connectivity index (χ0v) is 14.0. The lowest BCUT2D eigenvalue weighted by Crippen LogP contribution is -2.42. The fourth-order valence-corrected chi connectivity index (χ4v) is 2.68. The van der Waals surface area contributed by atoms with Crippen LogP contribution < -0.4 is 5.32 Å². The van der Waals surface area contributed by atoms with Crippen LogP contribution in [0.15, 0.2) is 36.4 Å². The molecule has 25 heavy (non-hydrogen) atoms. The minimum Gasteiger partial charge on any atom is -0.480 e. The number of nitrogens with one attached hydrogen (secondary N) is 1. The van der Waals surface area contributed by atoms with E-state index in [0.29, 0.717) is 12.2 Å². The van der Waals surface area contributed by atoms with Crippen LogP contribution in [0, 0.1) is 13.8 Å². The van der Waals surface area contributed by atoms with Gasteiger partial charge < -0.3 is 15.0 Å². The Balaban J connectivity index is 2.20. The topological polar surface area (TPSA) is 71.3 Å². The summed E-state index contributed by atoms with van der Waals surface area (Å²) < 4.78 is 26.9. The van der Waals surface area contributed by atoms with Gasteiger partial charge in [0.25, 0.3) is 5.91 Å². The number of aryl methyl sites for hydroxylation is 1. The molecular formula is C18H20F2N2O3. The number of hydrogen-bond acceptors (Lipinski definition) is 2. The zero-order chi connectivity index (χ0) is 18.6. The second-order valence-corrected chi connectivity index (χ2v) is 5.85. The zero-order valence-electron chi connectivity index (χ0n) is 14.0. The van der Waals surface area contributed by atoms with Crippen molar-refractivity contribution in [2.24, 2.45) is 0 Å². The predicted molar refractivity (Wildman–Crippen MR) is 89.0 cm³/mol. The van der Waals surface area contributed by atoms with Crippen molar-refractivity contribution in [3.05, 3.63) is 58.9 Å². The van der Waals surface area contributed by atoms with E-state index in [2.05, 4.69) is 5.32 Å². The molecule has 0 bridgehead atoms. The molecule has 0 saturated heterocycles. The van der Waals surface area contributed by atoms with Crippen molar-refractivity contribution >= 4 is 11.9 Å².